The zero-order valence-electron chi connectivity index (χ0n) is 11.3. The first-order valence-electron chi connectivity index (χ1n) is 6.10. The van der Waals surface area contributed by atoms with Crippen molar-refractivity contribution in [2.45, 2.75) is 6.29 Å². The van der Waals surface area contributed by atoms with Crippen LogP contribution in [0.5, 0.6) is 0 Å². The second kappa shape index (κ2) is 6.59. The molecule has 112 valence electrons. The smallest absolute Gasteiger partial charge is 0.407 e. The molecule has 1 aromatic heterocycles. The maximum atomic E-state index is 10.9. The van der Waals surface area contributed by atoms with Crippen molar-refractivity contribution in [2.24, 2.45) is 0 Å². The lowest BCUT2D eigenvalue weighted by Gasteiger charge is -2.33. The molecule has 0 spiro atoms. The Morgan fingerprint density at radius 2 is 1.95 bits per heavy atom. The second-order valence-corrected chi connectivity index (χ2v) is 5.41. The number of H-pyrrole nitrogens is 1. The minimum absolute atomic E-state index is 0.484. The van der Waals surface area contributed by atoms with Crippen LogP contribution in [0.4, 0.5) is 10.6 Å². The Balaban J connectivity index is 2.09. The average molecular weight is 396 g/mol. The van der Waals surface area contributed by atoms with Crippen LogP contribution in [-0.2, 0) is 9.47 Å². The quantitative estimate of drug-likeness (QED) is 0.586. The molecular weight excluding hydrogens is 379 g/mol. The number of ether oxygens (including phenoxy) is 2. The number of anilines is 1. The highest BCUT2D eigenvalue weighted by Crippen LogP contribution is 2.29. The SMILES string of the molecule is COC(OC)c1n[nH]c(N2CCN(C(=O)O)CC2)c1I. The number of nitrogens with zero attached hydrogens (tertiary/aromatic N) is 3. The summed E-state index contributed by atoms with van der Waals surface area (Å²) < 4.78 is 11.3. The highest BCUT2D eigenvalue weighted by Gasteiger charge is 2.26. The van der Waals surface area contributed by atoms with E-state index in [2.05, 4.69) is 37.7 Å². The molecule has 1 aromatic rings. The van der Waals surface area contributed by atoms with E-state index in [4.69, 9.17) is 14.6 Å². The van der Waals surface area contributed by atoms with Crippen LogP contribution in [0.25, 0.3) is 0 Å². The number of hydrogen-bond donors (Lipinski definition) is 2. The Bertz CT molecular complexity index is 469. The summed E-state index contributed by atoms with van der Waals surface area (Å²) in [6, 6.07) is 0. The van der Waals surface area contributed by atoms with E-state index in [1.165, 1.54) is 4.90 Å². The first kappa shape index (κ1) is 15.3. The van der Waals surface area contributed by atoms with Gasteiger partial charge in [0.05, 0.1) is 3.57 Å². The van der Waals surface area contributed by atoms with Gasteiger partial charge in [0.25, 0.3) is 0 Å². The fourth-order valence-electron chi connectivity index (χ4n) is 2.14. The number of piperazine rings is 1. The minimum atomic E-state index is -0.872. The molecule has 0 aromatic carbocycles. The van der Waals surface area contributed by atoms with Gasteiger partial charge < -0.3 is 24.4 Å². The van der Waals surface area contributed by atoms with Gasteiger partial charge in [0, 0.05) is 40.4 Å². The molecular formula is C11H17IN4O4. The van der Waals surface area contributed by atoms with Gasteiger partial charge in [-0.25, -0.2) is 4.79 Å². The van der Waals surface area contributed by atoms with E-state index in [-0.39, 0.29) is 0 Å². The van der Waals surface area contributed by atoms with Crippen molar-refractivity contribution in [1.29, 1.82) is 0 Å². The highest BCUT2D eigenvalue weighted by molar-refractivity contribution is 14.1. The van der Waals surface area contributed by atoms with Gasteiger partial charge in [0.15, 0.2) is 0 Å². The standard InChI is InChI=1S/C11H17IN4O4/c1-19-10(20-2)8-7(12)9(14-13-8)15-3-5-16(6-4-15)11(17)18/h10H,3-6H2,1-2H3,(H,13,14)(H,17,18). The molecule has 0 bridgehead atoms. The van der Waals surface area contributed by atoms with Crippen LogP contribution in [0.15, 0.2) is 0 Å². The van der Waals surface area contributed by atoms with Crippen LogP contribution in [0.1, 0.15) is 12.0 Å². The van der Waals surface area contributed by atoms with Crippen molar-refractivity contribution < 1.29 is 19.4 Å². The highest BCUT2D eigenvalue weighted by atomic mass is 127. The van der Waals surface area contributed by atoms with Crippen molar-refractivity contribution in [3.05, 3.63) is 9.26 Å². The van der Waals surface area contributed by atoms with Crippen LogP contribution in [0.2, 0.25) is 0 Å². The maximum absolute atomic E-state index is 10.9. The molecule has 2 rings (SSSR count). The van der Waals surface area contributed by atoms with Gasteiger partial charge in [-0.05, 0) is 22.6 Å². The number of rotatable bonds is 4. The second-order valence-electron chi connectivity index (χ2n) is 4.33. The van der Waals surface area contributed by atoms with Crippen LogP contribution in [0, 0.1) is 3.57 Å². The molecule has 9 heteroatoms. The Morgan fingerprint density at radius 1 is 1.35 bits per heavy atom. The number of aromatic nitrogens is 2. The third-order valence-electron chi connectivity index (χ3n) is 3.23. The molecule has 1 aliphatic heterocycles. The number of nitrogens with one attached hydrogen (secondary N) is 1. The average Bonchev–Trinajstić information content (AvgIpc) is 2.83. The predicted octanol–water partition coefficient (Wildman–Crippen LogP) is 1.11. The first-order valence-corrected chi connectivity index (χ1v) is 7.18. The molecule has 2 N–H and O–H groups in total. The van der Waals surface area contributed by atoms with E-state index in [0.29, 0.717) is 31.9 Å². The summed E-state index contributed by atoms with van der Waals surface area (Å²) in [5.41, 5.74) is 0.700. The van der Waals surface area contributed by atoms with E-state index in [9.17, 15) is 4.79 Å². The Kier molecular flexibility index (Phi) is 5.05. The molecule has 20 heavy (non-hydrogen) atoms. The van der Waals surface area contributed by atoms with E-state index >= 15 is 0 Å². The summed E-state index contributed by atoms with van der Waals surface area (Å²) in [5, 5.41) is 16.2. The van der Waals surface area contributed by atoms with E-state index in [1.54, 1.807) is 14.2 Å². The monoisotopic (exact) mass is 396 g/mol. The van der Waals surface area contributed by atoms with Crippen LogP contribution < -0.4 is 4.90 Å². The zero-order valence-corrected chi connectivity index (χ0v) is 13.5. The molecule has 0 radical (unpaired) electrons. The Hall–Kier alpha value is -1.07. The van der Waals surface area contributed by atoms with Gasteiger partial charge >= 0.3 is 6.09 Å². The molecule has 0 unspecified atom stereocenters. The molecule has 8 nitrogen and oxygen atoms in total. The number of halogens is 1. The Labute approximate surface area is 130 Å². The van der Waals surface area contributed by atoms with Crippen LogP contribution in [-0.4, -0.2) is 66.7 Å². The minimum Gasteiger partial charge on any atom is -0.465 e. The molecule has 0 saturated carbocycles. The van der Waals surface area contributed by atoms with Gasteiger partial charge in [-0.2, -0.15) is 5.10 Å². The number of carboxylic acid groups (broad SMARTS) is 1. The number of aromatic amines is 1. The molecule has 1 fully saturated rings. The van der Waals surface area contributed by atoms with Crippen LogP contribution >= 0.6 is 22.6 Å². The summed E-state index contributed by atoms with van der Waals surface area (Å²) in [6.07, 6.45) is -1.38. The fourth-order valence-corrected chi connectivity index (χ4v) is 2.98. The van der Waals surface area contributed by atoms with Gasteiger partial charge in [0.2, 0.25) is 6.29 Å². The number of amides is 1. The fraction of sp³-hybridized carbons (Fsp3) is 0.636. The normalized spacial score (nSPS) is 16.0. The zero-order chi connectivity index (χ0) is 14.7. The molecule has 1 saturated heterocycles. The Morgan fingerprint density at radius 3 is 2.45 bits per heavy atom. The largest absolute Gasteiger partial charge is 0.465 e. The predicted molar refractivity (Wildman–Crippen MR) is 79.9 cm³/mol. The van der Waals surface area contributed by atoms with Crippen molar-refractivity contribution in [1.82, 2.24) is 15.1 Å². The number of hydrogen-bond acceptors (Lipinski definition) is 5. The van der Waals surface area contributed by atoms with E-state index < -0.39 is 12.4 Å². The molecule has 1 aliphatic rings. The summed E-state index contributed by atoms with van der Waals surface area (Å²) in [4.78, 5) is 14.4. The third kappa shape index (κ3) is 2.99. The molecule has 0 aliphatic carbocycles. The van der Waals surface area contributed by atoms with Crippen molar-refractivity contribution >= 4 is 34.5 Å². The van der Waals surface area contributed by atoms with Gasteiger partial charge in [0.1, 0.15) is 11.5 Å². The summed E-state index contributed by atoms with van der Waals surface area (Å²) in [7, 11) is 3.12. The summed E-state index contributed by atoms with van der Waals surface area (Å²) >= 11 is 2.19. The van der Waals surface area contributed by atoms with Crippen LogP contribution in [0.3, 0.4) is 0 Å². The number of carbonyl (C=O) groups is 1. The maximum Gasteiger partial charge on any atom is 0.407 e. The van der Waals surface area contributed by atoms with Gasteiger partial charge in [-0.3, -0.25) is 5.10 Å². The molecule has 1 amide bonds. The van der Waals surface area contributed by atoms with Crippen molar-refractivity contribution in [3.8, 4) is 0 Å². The van der Waals surface area contributed by atoms with E-state index in [0.717, 1.165) is 9.39 Å². The van der Waals surface area contributed by atoms with Gasteiger partial charge in [-0.15, -0.1) is 0 Å². The summed E-state index contributed by atoms with van der Waals surface area (Å²) in [6.45, 7) is 2.23. The number of methoxy groups -OCH3 is 2. The molecule has 2 heterocycles. The topological polar surface area (TPSA) is 90.9 Å². The third-order valence-corrected chi connectivity index (χ3v) is 4.30. The lowest BCUT2D eigenvalue weighted by Crippen LogP contribution is -2.48. The lowest BCUT2D eigenvalue weighted by molar-refractivity contribution is -0.109. The first-order chi connectivity index (χ1) is 9.58. The van der Waals surface area contributed by atoms with E-state index in [1.807, 2.05) is 0 Å². The van der Waals surface area contributed by atoms with Gasteiger partial charge in [-0.1, -0.05) is 0 Å². The summed E-state index contributed by atoms with van der Waals surface area (Å²) in [5.74, 6) is 0.879. The van der Waals surface area contributed by atoms with Crippen molar-refractivity contribution in [3.63, 3.8) is 0 Å². The molecule has 0 atom stereocenters. The van der Waals surface area contributed by atoms with Crippen molar-refractivity contribution in [2.75, 3.05) is 45.3 Å². The lowest BCUT2D eigenvalue weighted by atomic mass is 10.3.